The zero-order valence-corrected chi connectivity index (χ0v) is 18.7. The molecule has 160 valence electrons. The first-order valence-electron chi connectivity index (χ1n) is 10.0. The number of hydrogen-bond donors (Lipinski definition) is 1. The van der Waals surface area contributed by atoms with Crippen molar-refractivity contribution in [2.45, 2.75) is 25.4 Å². The van der Waals surface area contributed by atoms with Gasteiger partial charge in [0, 0.05) is 20.0 Å². The monoisotopic (exact) mass is 454 g/mol. The number of amides is 2. The molecule has 0 aliphatic rings. The maximum absolute atomic E-state index is 13.4. The van der Waals surface area contributed by atoms with Gasteiger partial charge in [-0.15, -0.1) is 0 Å². The zero-order chi connectivity index (χ0) is 22.2. The summed E-state index contributed by atoms with van der Waals surface area (Å²) in [5.41, 5.74) is 2.67. The fourth-order valence-electron chi connectivity index (χ4n) is 3.43. The van der Waals surface area contributed by atoms with Gasteiger partial charge < -0.3 is 10.2 Å². The van der Waals surface area contributed by atoms with Gasteiger partial charge in [0.1, 0.15) is 6.04 Å². The van der Waals surface area contributed by atoms with Crippen LogP contribution in [0.5, 0.6) is 0 Å². The summed E-state index contributed by atoms with van der Waals surface area (Å²) in [4.78, 5) is 27.9. The summed E-state index contributed by atoms with van der Waals surface area (Å²) in [7, 11) is 1.58. The van der Waals surface area contributed by atoms with Crippen LogP contribution < -0.4 is 5.32 Å². The first-order valence-corrected chi connectivity index (χ1v) is 10.8. The van der Waals surface area contributed by atoms with Crippen molar-refractivity contribution < 1.29 is 9.59 Å². The summed E-state index contributed by atoms with van der Waals surface area (Å²) in [6, 6.07) is 23.8. The fourth-order valence-corrected chi connectivity index (χ4v) is 3.75. The molecular weight excluding hydrogens is 431 g/mol. The van der Waals surface area contributed by atoms with Crippen LogP contribution in [0, 0.1) is 0 Å². The summed E-state index contributed by atoms with van der Waals surface area (Å²) < 4.78 is 0. The van der Waals surface area contributed by atoms with Crippen molar-refractivity contribution in [3.05, 3.63) is 106 Å². The Labute approximate surface area is 192 Å². The molecule has 1 atom stereocenters. The molecule has 3 rings (SSSR count). The zero-order valence-electron chi connectivity index (χ0n) is 17.2. The van der Waals surface area contributed by atoms with Crippen molar-refractivity contribution in [2.75, 3.05) is 7.05 Å². The van der Waals surface area contributed by atoms with E-state index in [1.807, 2.05) is 66.7 Å². The molecule has 6 heteroatoms. The predicted molar refractivity (Wildman–Crippen MR) is 125 cm³/mol. The van der Waals surface area contributed by atoms with Crippen molar-refractivity contribution in [1.82, 2.24) is 10.2 Å². The highest BCUT2D eigenvalue weighted by Crippen LogP contribution is 2.24. The Kier molecular flexibility index (Phi) is 8.10. The van der Waals surface area contributed by atoms with E-state index in [0.717, 1.165) is 16.7 Å². The van der Waals surface area contributed by atoms with E-state index in [1.54, 1.807) is 24.1 Å². The first-order chi connectivity index (χ1) is 15.0. The third kappa shape index (κ3) is 6.33. The Hall–Kier alpha value is -2.82. The van der Waals surface area contributed by atoms with Crippen LogP contribution in [0.3, 0.4) is 0 Å². The van der Waals surface area contributed by atoms with Crippen LogP contribution in [-0.4, -0.2) is 29.8 Å². The number of carbonyl (C=O) groups excluding carboxylic acids is 2. The Balaban J connectivity index is 1.94. The third-order valence-electron chi connectivity index (χ3n) is 5.05. The highest BCUT2D eigenvalue weighted by atomic mass is 35.5. The second-order valence-corrected chi connectivity index (χ2v) is 8.07. The van der Waals surface area contributed by atoms with Crippen LogP contribution in [0.15, 0.2) is 78.9 Å². The number of carbonyl (C=O) groups is 2. The number of rotatable bonds is 8. The largest absolute Gasteiger partial charge is 0.357 e. The lowest BCUT2D eigenvalue weighted by Crippen LogP contribution is -2.50. The van der Waals surface area contributed by atoms with Crippen LogP contribution in [0.1, 0.15) is 16.7 Å². The smallest absolute Gasteiger partial charge is 0.242 e. The first kappa shape index (κ1) is 22.9. The predicted octanol–water partition coefficient (Wildman–Crippen LogP) is 4.92. The highest BCUT2D eigenvalue weighted by Gasteiger charge is 2.29. The van der Waals surface area contributed by atoms with E-state index < -0.39 is 6.04 Å². The topological polar surface area (TPSA) is 49.4 Å². The second kappa shape index (κ2) is 11.0. The van der Waals surface area contributed by atoms with Gasteiger partial charge in [0.05, 0.1) is 16.5 Å². The van der Waals surface area contributed by atoms with Gasteiger partial charge in [0.2, 0.25) is 11.8 Å². The molecule has 0 saturated heterocycles. The molecule has 1 unspecified atom stereocenters. The Morgan fingerprint density at radius 1 is 0.839 bits per heavy atom. The molecular formula is C25H24Cl2N2O2. The Morgan fingerprint density at radius 3 is 2.03 bits per heavy atom. The summed E-state index contributed by atoms with van der Waals surface area (Å²) in [6.45, 7) is 0.244. The minimum Gasteiger partial charge on any atom is -0.357 e. The highest BCUT2D eigenvalue weighted by molar-refractivity contribution is 6.42. The summed E-state index contributed by atoms with van der Waals surface area (Å²) in [5, 5.41) is 3.57. The van der Waals surface area contributed by atoms with Gasteiger partial charge in [-0.3, -0.25) is 9.59 Å². The van der Waals surface area contributed by atoms with E-state index in [2.05, 4.69) is 5.32 Å². The van der Waals surface area contributed by atoms with Gasteiger partial charge in [0.25, 0.3) is 0 Å². The third-order valence-corrected chi connectivity index (χ3v) is 5.79. The quantitative estimate of drug-likeness (QED) is 0.524. The molecule has 0 spiro atoms. The molecule has 3 aromatic rings. The summed E-state index contributed by atoms with van der Waals surface area (Å²) in [6.07, 6.45) is 0.604. The molecule has 3 aromatic carbocycles. The van der Waals surface area contributed by atoms with E-state index >= 15 is 0 Å². The molecule has 0 aromatic heterocycles. The molecule has 4 nitrogen and oxygen atoms in total. The van der Waals surface area contributed by atoms with Crippen LogP contribution in [0.25, 0.3) is 0 Å². The lowest BCUT2D eigenvalue weighted by atomic mass is 10.0. The number of hydrogen-bond acceptors (Lipinski definition) is 2. The van der Waals surface area contributed by atoms with Crippen LogP contribution in [0.4, 0.5) is 0 Å². The maximum atomic E-state index is 13.4. The number of likely N-dealkylation sites (N-methyl/N-ethyl adjacent to an activating group) is 1. The summed E-state index contributed by atoms with van der Waals surface area (Å²) in [5.74, 6) is -0.355. The molecule has 0 fully saturated rings. The maximum Gasteiger partial charge on any atom is 0.242 e. The van der Waals surface area contributed by atoms with Crippen molar-refractivity contribution in [3.8, 4) is 0 Å². The molecule has 0 radical (unpaired) electrons. The van der Waals surface area contributed by atoms with Crippen molar-refractivity contribution in [3.63, 3.8) is 0 Å². The van der Waals surface area contributed by atoms with E-state index in [1.165, 1.54) is 0 Å². The molecule has 31 heavy (non-hydrogen) atoms. The van der Waals surface area contributed by atoms with E-state index in [4.69, 9.17) is 23.2 Å². The number of nitrogens with zero attached hydrogens (tertiary/aromatic N) is 1. The standard InChI is InChI=1S/C25H24Cl2N2O2/c1-28-25(31)23(15-18-8-4-2-5-9-18)29(17-20-12-13-21(26)22(27)14-20)24(30)16-19-10-6-3-7-11-19/h2-14,23H,15-17H2,1H3,(H,28,31). The van der Waals surface area contributed by atoms with Gasteiger partial charge in [0.15, 0.2) is 0 Å². The molecule has 0 aliphatic heterocycles. The second-order valence-electron chi connectivity index (χ2n) is 7.25. The number of halogens is 2. The lowest BCUT2D eigenvalue weighted by molar-refractivity contribution is -0.140. The minimum atomic E-state index is -0.668. The molecule has 0 heterocycles. The van der Waals surface area contributed by atoms with E-state index in [-0.39, 0.29) is 24.8 Å². The van der Waals surface area contributed by atoms with Gasteiger partial charge in [-0.05, 0) is 28.8 Å². The van der Waals surface area contributed by atoms with E-state index in [0.29, 0.717) is 16.5 Å². The molecule has 0 saturated carbocycles. The van der Waals surface area contributed by atoms with E-state index in [9.17, 15) is 9.59 Å². The van der Waals surface area contributed by atoms with Crippen molar-refractivity contribution in [1.29, 1.82) is 0 Å². The van der Waals surface area contributed by atoms with Gasteiger partial charge in [-0.25, -0.2) is 0 Å². The molecule has 2 amide bonds. The SMILES string of the molecule is CNC(=O)C(Cc1ccccc1)N(Cc1ccc(Cl)c(Cl)c1)C(=O)Cc1ccccc1. The number of benzene rings is 3. The average molecular weight is 455 g/mol. The van der Waals surface area contributed by atoms with Crippen LogP contribution >= 0.6 is 23.2 Å². The summed E-state index contributed by atoms with van der Waals surface area (Å²) >= 11 is 12.2. The van der Waals surface area contributed by atoms with Gasteiger partial charge in [-0.1, -0.05) is 89.9 Å². The normalized spacial score (nSPS) is 11.6. The average Bonchev–Trinajstić information content (AvgIpc) is 2.79. The number of nitrogens with one attached hydrogen (secondary N) is 1. The van der Waals surface area contributed by atoms with Crippen LogP contribution in [-0.2, 0) is 29.0 Å². The minimum absolute atomic E-state index is 0.137. The fraction of sp³-hybridized carbons (Fsp3) is 0.200. The van der Waals surface area contributed by atoms with Crippen molar-refractivity contribution >= 4 is 35.0 Å². The molecule has 1 N–H and O–H groups in total. The van der Waals surface area contributed by atoms with Gasteiger partial charge in [-0.2, -0.15) is 0 Å². The Bertz CT molecular complexity index is 1030. The molecule has 0 aliphatic carbocycles. The Morgan fingerprint density at radius 2 is 1.45 bits per heavy atom. The van der Waals surface area contributed by atoms with Gasteiger partial charge >= 0.3 is 0 Å². The lowest BCUT2D eigenvalue weighted by Gasteiger charge is -2.31. The van der Waals surface area contributed by atoms with Crippen molar-refractivity contribution in [2.24, 2.45) is 0 Å². The molecule has 0 bridgehead atoms. The van der Waals surface area contributed by atoms with Crippen LogP contribution in [0.2, 0.25) is 10.0 Å².